The zero-order valence-corrected chi connectivity index (χ0v) is 11.3. The van der Waals surface area contributed by atoms with Gasteiger partial charge in [-0.3, -0.25) is 0 Å². The molecule has 1 aromatic heterocycles. The molecule has 104 valence electrons. The number of carbonyl (C=O) groups is 1. The number of hydrogen-bond donors (Lipinski definition) is 1. The molecule has 0 amide bonds. The summed E-state index contributed by atoms with van der Waals surface area (Å²) >= 11 is 0. The van der Waals surface area contributed by atoms with Gasteiger partial charge in [-0.15, -0.1) is 0 Å². The third kappa shape index (κ3) is 3.00. The average Bonchev–Trinajstić information content (AvgIpc) is 3.00. The first-order chi connectivity index (χ1) is 10.2. The van der Waals surface area contributed by atoms with E-state index in [4.69, 9.17) is 5.11 Å². The highest BCUT2D eigenvalue weighted by Crippen LogP contribution is 2.22. The third-order valence-corrected chi connectivity index (χ3v) is 3.29. The lowest BCUT2D eigenvalue weighted by molar-refractivity contribution is 0.0697. The van der Waals surface area contributed by atoms with Gasteiger partial charge in [0.25, 0.3) is 0 Å². The molecule has 4 nitrogen and oxygen atoms in total. The molecule has 21 heavy (non-hydrogen) atoms. The molecule has 1 N–H and O–H groups in total. The molecule has 0 saturated heterocycles. The van der Waals surface area contributed by atoms with E-state index in [0.29, 0.717) is 5.56 Å². The summed E-state index contributed by atoms with van der Waals surface area (Å²) in [5, 5.41) is 9.07. The molecule has 0 spiro atoms. The summed E-state index contributed by atoms with van der Waals surface area (Å²) in [6, 6.07) is 15.1. The Kier molecular flexibility index (Phi) is 3.51. The highest BCUT2D eigenvalue weighted by atomic mass is 16.4. The average molecular weight is 278 g/mol. The summed E-state index contributed by atoms with van der Waals surface area (Å²) in [6.07, 6.45) is 5.44. The summed E-state index contributed by atoms with van der Waals surface area (Å²) in [5.41, 5.74) is 3.36. The summed E-state index contributed by atoms with van der Waals surface area (Å²) < 4.78 is 1.99. The number of benzene rings is 2. The Bertz CT molecular complexity index is 764. The van der Waals surface area contributed by atoms with Gasteiger partial charge in [-0.25, -0.2) is 9.78 Å². The fraction of sp³-hybridized carbons (Fsp3) is 0.0588. The zero-order chi connectivity index (χ0) is 14.7. The second kappa shape index (κ2) is 5.63. The topological polar surface area (TPSA) is 55.1 Å². The highest BCUT2D eigenvalue weighted by Gasteiger charge is 2.05. The van der Waals surface area contributed by atoms with Crippen molar-refractivity contribution in [3.05, 3.63) is 78.4 Å². The number of rotatable bonds is 4. The molecule has 0 aliphatic heterocycles. The van der Waals surface area contributed by atoms with Crippen molar-refractivity contribution in [1.82, 2.24) is 9.55 Å². The molecule has 0 aliphatic rings. The molecule has 2 aromatic carbocycles. The monoisotopic (exact) mass is 278 g/mol. The molecule has 0 bridgehead atoms. The Morgan fingerprint density at radius 3 is 2.57 bits per heavy atom. The van der Waals surface area contributed by atoms with Crippen molar-refractivity contribution in [2.75, 3.05) is 0 Å². The first-order valence-corrected chi connectivity index (χ1v) is 6.61. The van der Waals surface area contributed by atoms with Crippen molar-refractivity contribution in [2.24, 2.45) is 0 Å². The van der Waals surface area contributed by atoms with Gasteiger partial charge in [0.1, 0.15) is 0 Å². The van der Waals surface area contributed by atoms with E-state index in [0.717, 1.165) is 23.2 Å². The van der Waals surface area contributed by atoms with Gasteiger partial charge >= 0.3 is 5.97 Å². The van der Waals surface area contributed by atoms with Crippen LogP contribution in [0.3, 0.4) is 0 Å². The van der Waals surface area contributed by atoms with Crippen LogP contribution in [0.5, 0.6) is 0 Å². The first-order valence-electron chi connectivity index (χ1n) is 6.61. The van der Waals surface area contributed by atoms with E-state index in [1.807, 2.05) is 35.0 Å². The maximum absolute atomic E-state index is 11.1. The van der Waals surface area contributed by atoms with Crippen molar-refractivity contribution in [2.45, 2.75) is 6.54 Å². The van der Waals surface area contributed by atoms with Crippen molar-refractivity contribution in [1.29, 1.82) is 0 Å². The molecule has 3 aromatic rings. The molecule has 0 aliphatic carbocycles. The molecule has 0 unspecified atom stereocenters. The fourth-order valence-corrected chi connectivity index (χ4v) is 2.27. The van der Waals surface area contributed by atoms with Gasteiger partial charge in [0.15, 0.2) is 0 Å². The third-order valence-electron chi connectivity index (χ3n) is 3.29. The molecular weight excluding hydrogens is 264 g/mol. The lowest BCUT2D eigenvalue weighted by Gasteiger charge is -2.07. The van der Waals surface area contributed by atoms with Crippen LogP contribution in [0.1, 0.15) is 15.9 Å². The van der Waals surface area contributed by atoms with Crippen LogP contribution < -0.4 is 0 Å². The lowest BCUT2D eigenvalue weighted by atomic mass is 10.0. The van der Waals surface area contributed by atoms with Gasteiger partial charge in [-0.1, -0.05) is 30.3 Å². The second-order valence-electron chi connectivity index (χ2n) is 4.82. The Hall–Kier alpha value is -2.88. The van der Waals surface area contributed by atoms with Gasteiger partial charge in [0.2, 0.25) is 0 Å². The Balaban J connectivity index is 1.92. The quantitative estimate of drug-likeness (QED) is 0.796. The van der Waals surface area contributed by atoms with Crippen molar-refractivity contribution in [3.63, 3.8) is 0 Å². The van der Waals surface area contributed by atoms with Gasteiger partial charge < -0.3 is 9.67 Å². The molecule has 0 radical (unpaired) electrons. The highest BCUT2D eigenvalue weighted by molar-refractivity contribution is 5.89. The molecule has 0 atom stereocenters. The summed E-state index contributed by atoms with van der Waals surface area (Å²) in [6.45, 7) is 0.743. The van der Waals surface area contributed by atoms with Crippen LogP contribution >= 0.6 is 0 Å². The summed E-state index contributed by atoms with van der Waals surface area (Å²) in [4.78, 5) is 15.1. The normalized spacial score (nSPS) is 10.5. The van der Waals surface area contributed by atoms with E-state index >= 15 is 0 Å². The Labute approximate surface area is 122 Å². The van der Waals surface area contributed by atoms with Crippen LogP contribution in [-0.2, 0) is 6.54 Å². The van der Waals surface area contributed by atoms with Crippen molar-refractivity contribution in [3.8, 4) is 11.1 Å². The zero-order valence-electron chi connectivity index (χ0n) is 11.3. The number of aromatic nitrogens is 2. The summed E-state index contributed by atoms with van der Waals surface area (Å²) in [7, 11) is 0. The smallest absolute Gasteiger partial charge is 0.335 e. The Morgan fingerprint density at radius 1 is 1.10 bits per heavy atom. The molecule has 3 rings (SSSR count). The predicted molar refractivity (Wildman–Crippen MR) is 80.2 cm³/mol. The van der Waals surface area contributed by atoms with Crippen LogP contribution in [0, 0.1) is 0 Å². The van der Waals surface area contributed by atoms with Gasteiger partial charge in [-0.2, -0.15) is 0 Å². The number of aromatic carboxylic acids is 1. The van der Waals surface area contributed by atoms with Gasteiger partial charge in [0.05, 0.1) is 11.9 Å². The predicted octanol–water partition coefficient (Wildman–Crippen LogP) is 3.30. The van der Waals surface area contributed by atoms with Crippen LogP contribution in [-0.4, -0.2) is 20.6 Å². The van der Waals surface area contributed by atoms with E-state index in [9.17, 15) is 4.79 Å². The van der Waals surface area contributed by atoms with Gasteiger partial charge in [-0.05, 0) is 34.9 Å². The van der Waals surface area contributed by atoms with Crippen molar-refractivity contribution >= 4 is 5.97 Å². The van der Waals surface area contributed by atoms with E-state index in [1.54, 1.807) is 30.7 Å². The lowest BCUT2D eigenvalue weighted by Crippen LogP contribution is -1.97. The Morgan fingerprint density at radius 2 is 1.86 bits per heavy atom. The summed E-state index contributed by atoms with van der Waals surface area (Å²) in [5.74, 6) is -0.911. The SMILES string of the molecule is O=C(O)c1cccc(-c2cccc(Cn3ccnc3)c2)c1. The number of nitrogens with zero attached hydrogens (tertiary/aromatic N) is 2. The number of imidazole rings is 1. The number of hydrogen-bond acceptors (Lipinski definition) is 2. The van der Waals surface area contributed by atoms with Crippen molar-refractivity contribution < 1.29 is 9.90 Å². The molecule has 1 heterocycles. The largest absolute Gasteiger partial charge is 0.478 e. The molecule has 4 heteroatoms. The maximum Gasteiger partial charge on any atom is 0.335 e. The number of carboxylic acids is 1. The number of carboxylic acid groups (broad SMARTS) is 1. The van der Waals surface area contributed by atoms with Crippen LogP contribution in [0.25, 0.3) is 11.1 Å². The van der Waals surface area contributed by atoms with Crippen LogP contribution in [0.15, 0.2) is 67.3 Å². The minimum absolute atomic E-state index is 0.299. The second-order valence-corrected chi connectivity index (χ2v) is 4.82. The van der Waals surface area contributed by atoms with E-state index in [1.165, 1.54) is 0 Å². The maximum atomic E-state index is 11.1. The van der Waals surface area contributed by atoms with E-state index in [-0.39, 0.29) is 0 Å². The van der Waals surface area contributed by atoms with Crippen LogP contribution in [0.2, 0.25) is 0 Å². The molecule has 0 fully saturated rings. The standard InChI is InChI=1S/C17H14N2O2/c20-17(21)16-6-2-5-15(10-16)14-4-1-3-13(9-14)11-19-8-7-18-12-19/h1-10,12H,11H2,(H,20,21). The van der Waals surface area contributed by atoms with Gasteiger partial charge in [0, 0.05) is 18.9 Å². The van der Waals surface area contributed by atoms with E-state index in [2.05, 4.69) is 11.1 Å². The van der Waals surface area contributed by atoms with Crippen LogP contribution in [0.4, 0.5) is 0 Å². The first kappa shape index (κ1) is 13.1. The molecule has 0 saturated carbocycles. The fourth-order valence-electron chi connectivity index (χ4n) is 2.27. The van der Waals surface area contributed by atoms with E-state index < -0.39 is 5.97 Å². The minimum atomic E-state index is -0.911. The molecular formula is C17H14N2O2. The minimum Gasteiger partial charge on any atom is -0.478 e.